The molecule has 20 heavy (non-hydrogen) atoms. The molecule has 0 spiro atoms. The number of nitrogen functional groups attached to an aromatic ring is 1. The van der Waals surface area contributed by atoms with Crippen LogP contribution in [0.2, 0.25) is 18.1 Å². The van der Waals surface area contributed by atoms with Crippen molar-refractivity contribution in [1.82, 2.24) is 0 Å². The minimum absolute atomic E-state index is 0.113. The number of benzene rings is 1. The lowest BCUT2D eigenvalue weighted by Gasteiger charge is -2.36. The van der Waals surface area contributed by atoms with Gasteiger partial charge in [-0.25, -0.2) is 4.79 Å². The Morgan fingerprint density at radius 3 is 2.35 bits per heavy atom. The fourth-order valence-electron chi connectivity index (χ4n) is 1.45. The monoisotopic (exact) mass is 295 g/mol. The van der Waals surface area contributed by atoms with Crippen LogP contribution in [0, 0.1) is 0 Å². The molecule has 0 bridgehead atoms. The molecule has 1 aromatic rings. The summed E-state index contributed by atoms with van der Waals surface area (Å²) in [5, 5.41) is 0.113. The summed E-state index contributed by atoms with van der Waals surface area (Å²) in [6.45, 7) is 13.0. The maximum atomic E-state index is 11.7. The van der Waals surface area contributed by atoms with Crippen LogP contribution >= 0.6 is 0 Å². The van der Waals surface area contributed by atoms with Crippen LogP contribution in [0.4, 0.5) is 5.69 Å². The van der Waals surface area contributed by atoms with Crippen LogP contribution in [0.25, 0.3) is 0 Å². The first-order chi connectivity index (χ1) is 9.08. The van der Waals surface area contributed by atoms with Crippen molar-refractivity contribution in [1.29, 1.82) is 0 Å². The van der Waals surface area contributed by atoms with Crippen molar-refractivity contribution in [3.05, 3.63) is 23.8 Å². The number of carbonyl (C=O) groups is 1. The molecule has 0 aromatic heterocycles. The lowest BCUT2D eigenvalue weighted by atomic mass is 10.2. The van der Waals surface area contributed by atoms with E-state index in [9.17, 15) is 4.79 Å². The highest BCUT2D eigenvalue weighted by Gasteiger charge is 2.39. The van der Waals surface area contributed by atoms with Crippen molar-refractivity contribution in [3.8, 4) is 5.75 Å². The third-order valence-electron chi connectivity index (χ3n) is 3.70. The predicted octanol–water partition coefficient (Wildman–Crippen LogP) is 3.83. The molecule has 0 fully saturated rings. The first kappa shape index (κ1) is 16.6. The molecule has 0 aliphatic heterocycles. The molecule has 0 atom stereocenters. The van der Waals surface area contributed by atoms with Crippen LogP contribution < -0.4 is 10.2 Å². The molecule has 1 aromatic carbocycles. The highest BCUT2D eigenvalue weighted by molar-refractivity contribution is 6.74. The number of hydrogen-bond acceptors (Lipinski definition) is 4. The van der Waals surface area contributed by atoms with Gasteiger partial charge in [0.1, 0.15) is 5.75 Å². The average Bonchev–Trinajstić information content (AvgIpc) is 2.27. The van der Waals surface area contributed by atoms with Gasteiger partial charge in [-0.2, -0.15) is 0 Å². The Balaban J connectivity index is 2.96. The van der Waals surface area contributed by atoms with Crippen LogP contribution in [0.3, 0.4) is 0 Å². The van der Waals surface area contributed by atoms with E-state index in [1.165, 1.54) is 0 Å². The number of carbonyl (C=O) groups excluding carboxylic acids is 1. The van der Waals surface area contributed by atoms with E-state index in [0.717, 1.165) is 0 Å². The Morgan fingerprint density at radius 2 is 1.90 bits per heavy atom. The largest absolute Gasteiger partial charge is 0.543 e. The highest BCUT2D eigenvalue weighted by atomic mass is 28.4. The molecule has 0 aliphatic rings. The Labute approximate surface area is 122 Å². The van der Waals surface area contributed by atoms with Crippen molar-refractivity contribution >= 4 is 20.0 Å². The van der Waals surface area contributed by atoms with Crippen molar-refractivity contribution in [3.63, 3.8) is 0 Å². The average molecular weight is 295 g/mol. The maximum Gasteiger partial charge on any atom is 0.340 e. The first-order valence-corrected chi connectivity index (χ1v) is 9.75. The third kappa shape index (κ3) is 3.76. The van der Waals surface area contributed by atoms with Crippen molar-refractivity contribution in [2.75, 3.05) is 12.3 Å². The zero-order valence-corrected chi connectivity index (χ0v) is 14.2. The molecular weight excluding hydrogens is 270 g/mol. The lowest BCUT2D eigenvalue weighted by molar-refractivity contribution is 0.0527. The van der Waals surface area contributed by atoms with Gasteiger partial charge in [0, 0.05) is 11.8 Å². The Morgan fingerprint density at radius 1 is 1.30 bits per heavy atom. The second-order valence-corrected chi connectivity index (χ2v) is 11.1. The van der Waals surface area contributed by atoms with E-state index >= 15 is 0 Å². The topological polar surface area (TPSA) is 61.5 Å². The Hall–Kier alpha value is -1.49. The van der Waals surface area contributed by atoms with E-state index in [4.69, 9.17) is 14.9 Å². The summed E-state index contributed by atoms with van der Waals surface area (Å²) in [5.74, 6) is 0.311. The zero-order chi connectivity index (χ0) is 15.6. The normalized spacial score (nSPS) is 12.1. The summed E-state index contributed by atoms with van der Waals surface area (Å²) in [6.07, 6.45) is 0. The molecular formula is C15H25NO3Si. The van der Waals surface area contributed by atoms with Gasteiger partial charge in [0.15, 0.2) is 0 Å². The quantitative estimate of drug-likeness (QED) is 0.521. The maximum absolute atomic E-state index is 11.7. The van der Waals surface area contributed by atoms with Crippen LogP contribution in [0.1, 0.15) is 38.1 Å². The second kappa shape index (κ2) is 5.87. The van der Waals surface area contributed by atoms with Crippen LogP contribution in [0.15, 0.2) is 18.2 Å². The third-order valence-corrected chi connectivity index (χ3v) is 8.06. The lowest BCUT2D eigenvalue weighted by Crippen LogP contribution is -2.43. The molecule has 2 N–H and O–H groups in total. The van der Waals surface area contributed by atoms with E-state index in [1.807, 2.05) is 0 Å². The minimum Gasteiger partial charge on any atom is -0.543 e. The van der Waals surface area contributed by atoms with E-state index in [-0.39, 0.29) is 5.04 Å². The predicted molar refractivity (Wildman–Crippen MR) is 84.6 cm³/mol. The van der Waals surface area contributed by atoms with Gasteiger partial charge in [-0.3, -0.25) is 0 Å². The van der Waals surface area contributed by atoms with Gasteiger partial charge in [0.25, 0.3) is 0 Å². The fraction of sp³-hybridized carbons (Fsp3) is 0.533. The number of rotatable bonds is 4. The zero-order valence-electron chi connectivity index (χ0n) is 13.2. The molecule has 1 rings (SSSR count). The van der Waals surface area contributed by atoms with Gasteiger partial charge in [0.05, 0.1) is 12.2 Å². The number of ether oxygens (including phenoxy) is 1. The summed E-state index contributed by atoms with van der Waals surface area (Å²) in [7, 11) is -1.90. The SMILES string of the molecule is CCOC(=O)c1ccc(O[Si](C)(C)C(C)(C)C)cc1N. The molecule has 0 amide bonds. The molecule has 112 valence electrons. The van der Waals surface area contributed by atoms with E-state index in [2.05, 4.69) is 33.9 Å². The summed E-state index contributed by atoms with van der Waals surface area (Å²) < 4.78 is 11.1. The summed E-state index contributed by atoms with van der Waals surface area (Å²) in [4.78, 5) is 11.7. The molecule has 5 heteroatoms. The summed E-state index contributed by atoms with van der Waals surface area (Å²) in [5.41, 5.74) is 6.69. The standard InChI is InChI=1S/C15H25NO3Si/c1-7-18-14(17)12-9-8-11(10-13(12)16)19-20(5,6)15(2,3)4/h8-10H,7,16H2,1-6H3. The Kier molecular flexibility index (Phi) is 4.86. The first-order valence-electron chi connectivity index (χ1n) is 6.84. The van der Waals surface area contributed by atoms with Gasteiger partial charge >= 0.3 is 5.97 Å². The van der Waals surface area contributed by atoms with E-state index in [0.29, 0.717) is 23.6 Å². The number of esters is 1. The molecule has 4 nitrogen and oxygen atoms in total. The summed E-state index contributed by atoms with van der Waals surface area (Å²) in [6, 6.07) is 5.14. The fourth-order valence-corrected chi connectivity index (χ4v) is 2.47. The molecule has 0 saturated heterocycles. The van der Waals surface area contributed by atoms with Crippen molar-refractivity contribution < 1.29 is 14.0 Å². The van der Waals surface area contributed by atoms with Gasteiger partial charge < -0.3 is 14.9 Å². The molecule has 0 saturated carbocycles. The second-order valence-electron chi connectivity index (χ2n) is 6.33. The molecule has 0 aliphatic carbocycles. The van der Waals surface area contributed by atoms with Gasteiger partial charge in [-0.1, -0.05) is 20.8 Å². The minimum atomic E-state index is -1.90. The van der Waals surface area contributed by atoms with Crippen LogP contribution in [-0.2, 0) is 4.74 Å². The van der Waals surface area contributed by atoms with Crippen LogP contribution in [0.5, 0.6) is 5.75 Å². The molecule has 0 unspecified atom stereocenters. The summed E-state index contributed by atoms with van der Waals surface area (Å²) >= 11 is 0. The number of hydrogen-bond donors (Lipinski definition) is 1. The number of nitrogens with two attached hydrogens (primary N) is 1. The van der Waals surface area contributed by atoms with Crippen molar-refractivity contribution in [2.45, 2.75) is 45.8 Å². The van der Waals surface area contributed by atoms with Crippen LogP contribution in [-0.4, -0.2) is 20.9 Å². The number of anilines is 1. The van der Waals surface area contributed by atoms with Gasteiger partial charge in [0.2, 0.25) is 8.32 Å². The smallest absolute Gasteiger partial charge is 0.340 e. The Bertz CT molecular complexity index is 492. The van der Waals surface area contributed by atoms with Crippen molar-refractivity contribution in [2.24, 2.45) is 0 Å². The molecule has 0 heterocycles. The van der Waals surface area contributed by atoms with Gasteiger partial charge in [-0.05, 0) is 37.2 Å². The molecule has 0 radical (unpaired) electrons. The highest BCUT2D eigenvalue weighted by Crippen LogP contribution is 2.37. The van der Waals surface area contributed by atoms with E-state index < -0.39 is 14.3 Å². The van der Waals surface area contributed by atoms with Gasteiger partial charge in [-0.15, -0.1) is 0 Å². The van der Waals surface area contributed by atoms with E-state index in [1.54, 1.807) is 25.1 Å².